The zero-order valence-corrected chi connectivity index (χ0v) is 17.3. The highest BCUT2D eigenvalue weighted by Crippen LogP contribution is 2.49. The molecular weight excluding hydrogens is 470 g/mol. The summed E-state index contributed by atoms with van der Waals surface area (Å²) >= 11 is 6.20. The van der Waals surface area contributed by atoms with Crippen LogP contribution < -0.4 is 10.2 Å². The largest absolute Gasteiger partial charge is 0.401 e. The quantitative estimate of drug-likeness (QED) is 0.440. The van der Waals surface area contributed by atoms with Crippen molar-refractivity contribution in [2.75, 3.05) is 16.8 Å². The Morgan fingerprint density at radius 2 is 2.03 bits per heavy atom. The first kappa shape index (κ1) is 21.1. The molecule has 1 aliphatic rings. The molecule has 0 saturated carbocycles. The summed E-state index contributed by atoms with van der Waals surface area (Å²) < 4.78 is 58.1. The maximum absolute atomic E-state index is 14.1. The standard InChI is InChI=1S/C18H12ClF4N9O/c1-17(18(21,22)23)6-30(11-5-25-13-3-12(20)29-32(13)14(11)17)16(33)28-9-2-10(19)15(26-4-9)31-8-24-7-27-31/h2-5,7-8H,6H2,1H3,(H,28,33). The molecule has 15 heteroatoms. The first-order valence-corrected chi connectivity index (χ1v) is 9.67. The van der Waals surface area contributed by atoms with E-state index in [1.165, 1.54) is 29.6 Å². The molecular formula is C18H12ClF4N9O. The lowest BCUT2D eigenvalue weighted by atomic mass is 9.88. The van der Waals surface area contributed by atoms with Crippen molar-refractivity contribution in [1.82, 2.24) is 34.3 Å². The van der Waals surface area contributed by atoms with Gasteiger partial charge in [0, 0.05) is 12.6 Å². The summed E-state index contributed by atoms with van der Waals surface area (Å²) in [5.41, 5.74) is -3.04. The van der Waals surface area contributed by atoms with Crippen LogP contribution in [0.1, 0.15) is 12.6 Å². The molecule has 4 aromatic heterocycles. The van der Waals surface area contributed by atoms with Gasteiger partial charge in [-0.05, 0) is 13.0 Å². The molecule has 0 aromatic carbocycles. The van der Waals surface area contributed by atoms with Crippen LogP contribution >= 0.6 is 11.6 Å². The summed E-state index contributed by atoms with van der Waals surface area (Å²) in [6.45, 7) is 0.154. The molecule has 10 nitrogen and oxygen atoms in total. The number of pyridine rings is 1. The molecule has 0 aliphatic carbocycles. The molecule has 1 atom stereocenters. The summed E-state index contributed by atoms with van der Waals surface area (Å²) in [6.07, 6.45) is 0.244. The smallest absolute Gasteiger partial charge is 0.306 e. The Bertz CT molecular complexity index is 1390. The van der Waals surface area contributed by atoms with E-state index in [1.807, 2.05) is 0 Å². The number of nitrogens with one attached hydrogen (secondary N) is 1. The van der Waals surface area contributed by atoms with Gasteiger partial charge in [0.05, 0.1) is 34.5 Å². The number of carbonyl (C=O) groups excluding carboxylic acids is 1. The second kappa shape index (κ2) is 7.10. The zero-order chi connectivity index (χ0) is 23.5. The van der Waals surface area contributed by atoms with Crippen molar-refractivity contribution >= 4 is 34.7 Å². The second-order valence-electron chi connectivity index (χ2n) is 7.44. The van der Waals surface area contributed by atoms with E-state index >= 15 is 0 Å². The van der Waals surface area contributed by atoms with Crippen LogP contribution in [-0.2, 0) is 5.41 Å². The lowest BCUT2D eigenvalue weighted by Crippen LogP contribution is -2.46. The number of hydrogen-bond donors (Lipinski definition) is 1. The molecule has 0 fully saturated rings. The van der Waals surface area contributed by atoms with E-state index in [0.29, 0.717) is 0 Å². The molecule has 1 unspecified atom stereocenters. The minimum absolute atomic E-state index is 0.108. The second-order valence-corrected chi connectivity index (χ2v) is 7.85. The Kier molecular flexibility index (Phi) is 4.53. The minimum atomic E-state index is -4.77. The van der Waals surface area contributed by atoms with Gasteiger partial charge in [0.1, 0.15) is 18.1 Å². The molecule has 1 aliphatic heterocycles. The van der Waals surface area contributed by atoms with Crippen molar-refractivity contribution in [1.29, 1.82) is 0 Å². The van der Waals surface area contributed by atoms with Gasteiger partial charge in [0.2, 0.25) is 5.95 Å². The molecule has 2 amide bonds. The predicted molar refractivity (Wildman–Crippen MR) is 107 cm³/mol. The number of hydrogen-bond acceptors (Lipinski definition) is 6. The number of nitrogens with zero attached hydrogens (tertiary/aromatic N) is 8. The van der Waals surface area contributed by atoms with Crippen molar-refractivity contribution in [3.63, 3.8) is 0 Å². The molecule has 33 heavy (non-hydrogen) atoms. The normalized spacial score (nSPS) is 18.1. The maximum Gasteiger partial charge on any atom is 0.401 e. The van der Waals surface area contributed by atoms with E-state index in [9.17, 15) is 22.4 Å². The minimum Gasteiger partial charge on any atom is -0.306 e. The Labute approximate surface area is 186 Å². The number of amides is 2. The highest BCUT2D eigenvalue weighted by molar-refractivity contribution is 6.32. The van der Waals surface area contributed by atoms with Gasteiger partial charge in [-0.1, -0.05) is 11.6 Å². The van der Waals surface area contributed by atoms with Crippen LogP contribution in [0, 0.1) is 5.95 Å². The third-order valence-corrected chi connectivity index (χ3v) is 5.58. The van der Waals surface area contributed by atoms with Crippen molar-refractivity contribution in [2.24, 2.45) is 0 Å². The van der Waals surface area contributed by atoms with Crippen LogP contribution in [-0.4, -0.2) is 53.1 Å². The van der Waals surface area contributed by atoms with Crippen molar-refractivity contribution in [3.8, 4) is 5.82 Å². The number of carbonyl (C=O) groups is 1. The van der Waals surface area contributed by atoms with E-state index in [0.717, 1.165) is 28.6 Å². The topological polar surface area (TPSA) is 106 Å². The average Bonchev–Trinajstić information content (AvgIpc) is 3.45. The van der Waals surface area contributed by atoms with Gasteiger partial charge in [0.15, 0.2) is 11.5 Å². The van der Waals surface area contributed by atoms with Crippen molar-refractivity contribution in [2.45, 2.75) is 18.5 Å². The molecule has 170 valence electrons. The first-order valence-electron chi connectivity index (χ1n) is 9.29. The summed E-state index contributed by atoms with van der Waals surface area (Å²) in [5, 5.41) is 10.0. The third kappa shape index (κ3) is 3.25. The van der Waals surface area contributed by atoms with Crippen LogP contribution in [0.4, 0.5) is 33.7 Å². The third-order valence-electron chi connectivity index (χ3n) is 5.30. The molecule has 5 rings (SSSR count). The van der Waals surface area contributed by atoms with Gasteiger partial charge < -0.3 is 5.32 Å². The number of fused-ring (bicyclic) bond motifs is 3. The van der Waals surface area contributed by atoms with Gasteiger partial charge in [-0.3, -0.25) is 4.90 Å². The lowest BCUT2D eigenvalue weighted by Gasteiger charge is -2.28. The fourth-order valence-corrected chi connectivity index (χ4v) is 3.92. The lowest BCUT2D eigenvalue weighted by molar-refractivity contribution is -0.181. The van der Waals surface area contributed by atoms with E-state index in [4.69, 9.17) is 11.6 Å². The fourth-order valence-electron chi connectivity index (χ4n) is 3.67. The SMILES string of the molecule is CC1(C(F)(F)F)CN(C(=O)Nc2cnc(-n3cncn3)c(Cl)c2)c2cnc3cc(F)nn3c21. The van der Waals surface area contributed by atoms with Crippen LogP contribution in [0.3, 0.4) is 0 Å². The van der Waals surface area contributed by atoms with Gasteiger partial charge >= 0.3 is 12.2 Å². The highest BCUT2D eigenvalue weighted by Gasteiger charge is 2.60. The Morgan fingerprint density at radius 1 is 1.24 bits per heavy atom. The van der Waals surface area contributed by atoms with Crippen molar-refractivity contribution in [3.05, 3.63) is 53.8 Å². The number of rotatable bonds is 2. The van der Waals surface area contributed by atoms with E-state index in [1.54, 1.807) is 0 Å². The van der Waals surface area contributed by atoms with E-state index in [2.05, 4.69) is 30.5 Å². The molecule has 0 spiro atoms. The summed E-state index contributed by atoms with van der Waals surface area (Å²) in [5.74, 6) is -0.743. The Morgan fingerprint density at radius 3 is 2.70 bits per heavy atom. The Balaban J connectivity index is 1.51. The van der Waals surface area contributed by atoms with Crippen LogP contribution in [0.5, 0.6) is 0 Å². The summed E-state index contributed by atoms with van der Waals surface area (Å²) in [6, 6.07) is 1.39. The first-order chi connectivity index (χ1) is 15.6. The van der Waals surface area contributed by atoms with Gasteiger partial charge in [-0.2, -0.15) is 22.7 Å². The van der Waals surface area contributed by atoms with Crippen LogP contribution in [0.15, 0.2) is 37.2 Å². The highest BCUT2D eigenvalue weighted by atomic mass is 35.5. The molecule has 0 radical (unpaired) electrons. The van der Waals surface area contributed by atoms with Gasteiger partial charge in [0.25, 0.3) is 0 Å². The number of urea groups is 1. The fraction of sp³-hybridized carbons (Fsp3) is 0.222. The van der Waals surface area contributed by atoms with Crippen molar-refractivity contribution < 1.29 is 22.4 Å². The summed E-state index contributed by atoms with van der Waals surface area (Å²) in [7, 11) is 0. The number of aromatic nitrogens is 7. The molecule has 5 heterocycles. The zero-order valence-electron chi connectivity index (χ0n) is 16.5. The number of anilines is 2. The average molecular weight is 482 g/mol. The molecule has 4 aromatic rings. The van der Waals surface area contributed by atoms with Crippen LogP contribution in [0.25, 0.3) is 11.5 Å². The van der Waals surface area contributed by atoms with Crippen LogP contribution in [0.2, 0.25) is 5.02 Å². The van der Waals surface area contributed by atoms with E-state index < -0.39 is 35.8 Å². The summed E-state index contributed by atoms with van der Waals surface area (Å²) in [4.78, 5) is 25.7. The predicted octanol–water partition coefficient (Wildman–Crippen LogP) is 3.37. The monoisotopic (exact) mass is 481 g/mol. The molecule has 1 N–H and O–H groups in total. The maximum atomic E-state index is 14.1. The van der Waals surface area contributed by atoms with E-state index in [-0.39, 0.29) is 27.9 Å². The number of halogens is 5. The Hall–Kier alpha value is -3.81. The number of alkyl halides is 3. The molecule has 0 bridgehead atoms. The van der Waals surface area contributed by atoms with Gasteiger partial charge in [-0.25, -0.2) is 28.9 Å². The molecule has 0 saturated heterocycles. The van der Waals surface area contributed by atoms with Gasteiger partial charge in [-0.15, -0.1) is 5.10 Å².